The molecule has 1 aliphatic heterocycles. The number of hydrogen-bond donors (Lipinski definition) is 0. The van der Waals surface area contributed by atoms with Gasteiger partial charge in [-0.2, -0.15) is 0 Å². The van der Waals surface area contributed by atoms with Crippen LogP contribution in [0.2, 0.25) is 0 Å². The Morgan fingerprint density at radius 1 is 0.696 bits per heavy atom. The Hall–Kier alpha value is -1.80. The van der Waals surface area contributed by atoms with E-state index in [1.54, 1.807) is 0 Å². The van der Waals surface area contributed by atoms with Crippen LogP contribution in [-0.2, 0) is 0 Å². The highest BCUT2D eigenvalue weighted by molar-refractivity contribution is 5.68. The van der Waals surface area contributed by atoms with Crippen LogP contribution in [0.25, 0.3) is 11.1 Å². The second-order valence-electron chi connectivity index (χ2n) is 6.88. The Labute approximate surface area is 139 Å². The zero-order chi connectivity index (χ0) is 15.5. The molecule has 2 aliphatic rings. The Bertz CT molecular complexity index is 623. The first kappa shape index (κ1) is 14.8. The summed E-state index contributed by atoms with van der Waals surface area (Å²) in [7, 11) is 0. The lowest BCUT2D eigenvalue weighted by Crippen LogP contribution is -2.49. The first-order valence-electron chi connectivity index (χ1n) is 9.05. The van der Waals surface area contributed by atoms with Crippen LogP contribution in [-0.4, -0.2) is 37.1 Å². The number of piperazine rings is 1. The van der Waals surface area contributed by atoms with Crippen LogP contribution in [0.5, 0.6) is 0 Å². The summed E-state index contributed by atoms with van der Waals surface area (Å²) in [5.74, 6) is 0. The molecule has 23 heavy (non-hydrogen) atoms. The summed E-state index contributed by atoms with van der Waals surface area (Å²) in [5, 5.41) is 0. The first-order valence-corrected chi connectivity index (χ1v) is 9.05. The van der Waals surface area contributed by atoms with Gasteiger partial charge in [-0.05, 0) is 36.1 Å². The van der Waals surface area contributed by atoms with Crippen molar-refractivity contribution in [2.45, 2.75) is 31.7 Å². The molecule has 1 aliphatic carbocycles. The zero-order valence-corrected chi connectivity index (χ0v) is 13.8. The van der Waals surface area contributed by atoms with Crippen LogP contribution in [0.1, 0.15) is 25.7 Å². The first-order chi connectivity index (χ1) is 11.4. The molecule has 1 saturated carbocycles. The second kappa shape index (κ2) is 6.76. The average Bonchev–Trinajstić information content (AvgIpc) is 3.17. The molecule has 2 nitrogen and oxygen atoms in total. The molecule has 2 aromatic rings. The van der Waals surface area contributed by atoms with Crippen molar-refractivity contribution in [3.8, 4) is 11.1 Å². The summed E-state index contributed by atoms with van der Waals surface area (Å²) in [6.45, 7) is 4.77. The second-order valence-corrected chi connectivity index (χ2v) is 6.88. The molecule has 0 aromatic heterocycles. The predicted molar refractivity (Wildman–Crippen MR) is 97.9 cm³/mol. The molecule has 2 heteroatoms. The lowest BCUT2D eigenvalue weighted by atomic mass is 10.0. The molecule has 2 aromatic carbocycles. The van der Waals surface area contributed by atoms with Crippen LogP contribution in [0.15, 0.2) is 54.6 Å². The van der Waals surface area contributed by atoms with Gasteiger partial charge in [0, 0.05) is 37.9 Å². The number of nitrogens with zero attached hydrogens (tertiary/aromatic N) is 2. The van der Waals surface area contributed by atoms with E-state index in [1.807, 2.05) is 0 Å². The Morgan fingerprint density at radius 2 is 1.39 bits per heavy atom. The van der Waals surface area contributed by atoms with Gasteiger partial charge >= 0.3 is 0 Å². The van der Waals surface area contributed by atoms with E-state index in [1.165, 1.54) is 55.6 Å². The predicted octanol–water partition coefficient (Wildman–Crippen LogP) is 4.42. The largest absolute Gasteiger partial charge is 0.369 e. The molecule has 0 N–H and O–H groups in total. The minimum absolute atomic E-state index is 0.868. The molecule has 0 amide bonds. The van der Waals surface area contributed by atoms with Gasteiger partial charge in [0.1, 0.15) is 0 Å². The number of benzene rings is 2. The quantitative estimate of drug-likeness (QED) is 0.828. The van der Waals surface area contributed by atoms with Gasteiger partial charge in [0.05, 0.1) is 0 Å². The highest BCUT2D eigenvalue weighted by Gasteiger charge is 2.26. The molecule has 0 radical (unpaired) electrons. The topological polar surface area (TPSA) is 6.48 Å². The van der Waals surface area contributed by atoms with Crippen LogP contribution in [0, 0.1) is 0 Å². The summed E-state index contributed by atoms with van der Waals surface area (Å²) in [4.78, 5) is 5.28. The summed E-state index contributed by atoms with van der Waals surface area (Å²) >= 11 is 0. The fraction of sp³-hybridized carbons (Fsp3) is 0.429. The third-order valence-electron chi connectivity index (χ3n) is 5.47. The van der Waals surface area contributed by atoms with Crippen molar-refractivity contribution in [2.75, 3.05) is 31.1 Å². The fourth-order valence-electron chi connectivity index (χ4n) is 4.13. The van der Waals surface area contributed by atoms with Gasteiger partial charge in [-0.15, -0.1) is 0 Å². The van der Waals surface area contributed by atoms with Crippen molar-refractivity contribution >= 4 is 5.69 Å². The van der Waals surface area contributed by atoms with E-state index in [0.29, 0.717) is 0 Å². The standard InChI is InChI=1S/C21H26N2/c1-2-7-18(8-3-1)19-9-6-12-21(17-19)23-15-13-22(14-16-23)20-10-4-5-11-20/h1-3,6-9,12,17,20H,4-5,10-11,13-16H2. The number of hydrogen-bond acceptors (Lipinski definition) is 2. The van der Waals surface area contributed by atoms with Gasteiger partial charge in [0.2, 0.25) is 0 Å². The van der Waals surface area contributed by atoms with Crippen molar-refractivity contribution in [3.05, 3.63) is 54.6 Å². The van der Waals surface area contributed by atoms with Gasteiger partial charge in [-0.1, -0.05) is 55.3 Å². The molecule has 0 unspecified atom stereocenters. The van der Waals surface area contributed by atoms with Crippen LogP contribution < -0.4 is 4.90 Å². The van der Waals surface area contributed by atoms with Gasteiger partial charge < -0.3 is 4.90 Å². The maximum Gasteiger partial charge on any atom is 0.0373 e. The minimum atomic E-state index is 0.868. The summed E-state index contributed by atoms with van der Waals surface area (Å²) in [6.07, 6.45) is 5.71. The van der Waals surface area contributed by atoms with Crippen LogP contribution in [0.4, 0.5) is 5.69 Å². The third kappa shape index (κ3) is 3.28. The average molecular weight is 306 g/mol. The molecule has 0 bridgehead atoms. The minimum Gasteiger partial charge on any atom is -0.369 e. The maximum atomic E-state index is 2.73. The van der Waals surface area contributed by atoms with Crippen molar-refractivity contribution < 1.29 is 0 Å². The van der Waals surface area contributed by atoms with Gasteiger partial charge in [-0.25, -0.2) is 0 Å². The monoisotopic (exact) mass is 306 g/mol. The Kier molecular flexibility index (Phi) is 4.34. The van der Waals surface area contributed by atoms with E-state index in [0.717, 1.165) is 19.1 Å². The number of rotatable bonds is 3. The van der Waals surface area contributed by atoms with E-state index in [-0.39, 0.29) is 0 Å². The molecular weight excluding hydrogens is 280 g/mol. The van der Waals surface area contributed by atoms with E-state index < -0.39 is 0 Å². The summed E-state index contributed by atoms with van der Waals surface area (Å²) < 4.78 is 0. The molecule has 2 fully saturated rings. The van der Waals surface area contributed by atoms with E-state index >= 15 is 0 Å². The smallest absolute Gasteiger partial charge is 0.0373 e. The van der Waals surface area contributed by atoms with Crippen molar-refractivity contribution in [3.63, 3.8) is 0 Å². The highest BCUT2D eigenvalue weighted by atomic mass is 15.3. The SMILES string of the molecule is c1ccc(-c2cccc(N3CCN(C4CCCC4)CC3)c2)cc1. The lowest BCUT2D eigenvalue weighted by Gasteiger charge is -2.39. The van der Waals surface area contributed by atoms with Gasteiger partial charge in [0.15, 0.2) is 0 Å². The molecule has 0 atom stereocenters. The molecule has 120 valence electrons. The van der Waals surface area contributed by atoms with Gasteiger partial charge in [-0.3, -0.25) is 4.90 Å². The van der Waals surface area contributed by atoms with E-state index in [4.69, 9.17) is 0 Å². The third-order valence-corrected chi connectivity index (χ3v) is 5.47. The molecule has 1 heterocycles. The van der Waals surface area contributed by atoms with Crippen molar-refractivity contribution in [2.24, 2.45) is 0 Å². The van der Waals surface area contributed by atoms with E-state index in [2.05, 4.69) is 64.4 Å². The van der Waals surface area contributed by atoms with E-state index in [9.17, 15) is 0 Å². The Morgan fingerprint density at radius 3 is 2.13 bits per heavy atom. The normalized spacial score (nSPS) is 20.1. The van der Waals surface area contributed by atoms with Gasteiger partial charge in [0.25, 0.3) is 0 Å². The van der Waals surface area contributed by atoms with Crippen molar-refractivity contribution in [1.82, 2.24) is 4.90 Å². The Balaban J connectivity index is 1.45. The number of anilines is 1. The molecule has 1 saturated heterocycles. The summed E-state index contributed by atoms with van der Waals surface area (Å²) in [6, 6.07) is 20.6. The summed E-state index contributed by atoms with van der Waals surface area (Å²) in [5.41, 5.74) is 4.00. The fourth-order valence-corrected chi connectivity index (χ4v) is 4.13. The lowest BCUT2D eigenvalue weighted by molar-refractivity contribution is 0.187. The van der Waals surface area contributed by atoms with Crippen LogP contribution in [0.3, 0.4) is 0 Å². The highest BCUT2D eigenvalue weighted by Crippen LogP contribution is 2.28. The maximum absolute atomic E-state index is 2.73. The molecule has 4 rings (SSSR count). The molecular formula is C21H26N2. The van der Waals surface area contributed by atoms with Crippen LogP contribution >= 0.6 is 0 Å². The van der Waals surface area contributed by atoms with Crippen molar-refractivity contribution in [1.29, 1.82) is 0 Å². The molecule has 0 spiro atoms. The zero-order valence-electron chi connectivity index (χ0n) is 13.8.